The second-order valence-corrected chi connectivity index (χ2v) is 11.7. The van der Waals surface area contributed by atoms with E-state index in [1.807, 2.05) is 50.6 Å². The van der Waals surface area contributed by atoms with Gasteiger partial charge in [0.05, 0.1) is 24.5 Å². The van der Waals surface area contributed by atoms with E-state index >= 15 is 4.39 Å². The van der Waals surface area contributed by atoms with Crippen molar-refractivity contribution in [2.24, 2.45) is 0 Å². The number of H-pyrrole nitrogens is 1. The number of hydrogen-bond acceptors (Lipinski definition) is 6. The maximum Gasteiger partial charge on any atom is 0.256 e. The average molecular weight is 572 g/mol. The summed E-state index contributed by atoms with van der Waals surface area (Å²) >= 11 is 0. The molecule has 220 valence electrons. The van der Waals surface area contributed by atoms with Crippen molar-refractivity contribution in [3.05, 3.63) is 66.2 Å². The molecule has 8 nitrogen and oxygen atoms in total. The van der Waals surface area contributed by atoms with Gasteiger partial charge in [-0.2, -0.15) is 0 Å². The lowest BCUT2D eigenvalue weighted by Crippen LogP contribution is -2.39. The Morgan fingerprint density at radius 1 is 1.12 bits per heavy atom. The van der Waals surface area contributed by atoms with Crippen molar-refractivity contribution in [1.29, 1.82) is 0 Å². The number of pyridine rings is 1. The minimum Gasteiger partial charge on any atom is -0.496 e. The molecule has 2 fully saturated rings. The van der Waals surface area contributed by atoms with Crippen LogP contribution in [0.1, 0.15) is 42.5 Å². The molecule has 42 heavy (non-hydrogen) atoms. The number of carbonyl (C=O) groups excluding carboxylic acids is 1. The van der Waals surface area contributed by atoms with E-state index in [9.17, 15) is 9.90 Å². The summed E-state index contributed by atoms with van der Waals surface area (Å²) in [4.78, 5) is 25.8. The van der Waals surface area contributed by atoms with Crippen LogP contribution in [0.5, 0.6) is 5.75 Å². The second-order valence-electron chi connectivity index (χ2n) is 11.7. The molecule has 1 saturated heterocycles. The van der Waals surface area contributed by atoms with Gasteiger partial charge in [-0.15, -0.1) is 0 Å². The normalized spacial score (nSPS) is 21.0. The standard InChI is InChI=1S/C33H38FN5O3/c1-38-13-12-23(19-38)39(2)33(41)27-14-20(16-29(34)31(27)37-22-8-10-24(40)11-9-22)21-15-26-28(18-36-32(26)35-17-21)25-6-4-5-7-30(25)42-3/h4-7,14-18,22-24,37,40H,8-13,19H2,1-3H3,(H,35,36)/t22-,23?,24-. The fourth-order valence-electron chi connectivity index (χ4n) is 6.35. The number of aliphatic hydroxyl groups is 1. The summed E-state index contributed by atoms with van der Waals surface area (Å²) in [6.07, 6.45) is 6.92. The number of para-hydroxylation sites is 1. The highest BCUT2D eigenvalue weighted by Gasteiger charge is 2.30. The summed E-state index contributed by atoms with van der Waals surface area (Å²) in [5.74, 6) is 0.0619. The van der Waals surface area contributed by atoms with Gasteiger partial charge in [-0.05, 0) is 75.5 Å². The summed E-state index contributed by atoms with van der Waals surface area (Å²) in [5, 5.41) is 14.2. The van der Waals surface area contributed by atoms with Crippen molar-refractivity contribution in [1.82, 2.24) is 19.8 Å². The zero-order valence-corrected chi connectivity index (χ0v) is 24.4. The number of rotatable bonds is 7. The molecule has 1 unspecified atom stereocenters. The number of methoxy groups -OCH3 is 1. The number of likely N-dealkylation sites (N-methyl/N-ethyl adjacent to an activating group) is 2. The summed E-state index contributed by atoms with van der Waals surface area (Å²) in [6.45, 7) is 1.70. The van der Waals surface area contributed by atoms with Gasteiger partial charge in [0.2, 0.25) is 0 Å². The molecular weight excluding hydrogens is 533 g/mol. The quantitative estimate of drug-likeness (QED) is 0.270. The predicted octanol–water partition coefficient (Wildman–Crippen LogP) is 5.54. The molecule has 3 N–H and O–H groups in total. The number of aromatic amines is 1. The van der Waals surface area contributed by atoms with Crippen LogP contribution in [0.2, 0.25) is 0 Å². The molecule has 1 aliphatic carbocycles. The number of anilines is 1. The number of benzene rings is 2. The Labute approximate surface area is 245 Å². The zero-order valence-electron chi connectivity index (χ0n) is 24.4. The van der Waals surface area contributed by atoms with Crippen molar-refractivity contribution < 1.29 is 19.0 Å². The van der Waals surface area contributed by atoms with Crippen LogP contribution >= 0.6 is 0 Å². The zero-order chi connectivity index (χ0) is 29.4. The van der Waals surface area contributed by atoms with Crippen LogP contribution in [0, 0.1) is 5.82 Å². The molecule has 1 saturated carbocycles. The molecule has 4 aromatic rings. The minimum absolute atomic E-state index is 0.00972. The number of amides is 1. The number of likely N-dealkylation sites (tertiary alicyclic amines) is 1. The first-order valence-corrected chi connectivity index (χ1v) is 14.7. The Bertz CT molecular complexity index is 1600. The Hall–Kier alpha value is -3.95. The molecule has 0 bridgehead atoms. The van der Waals surface area contributed by atoms with Gasteiger partial charge in [-0.3, -0.25) is 4.79 Å². The first kappa shape index (κ1) is 28.2. The second kappa shape index (κ2) is 11.7. The summed E-state index contributed by atoms with van der Waals surface area (Å²) in [6, 6.07) is 13.1. The molecule has 1 aliphatic heterocycles. The SMILES string of the molecule is COc1ccccc1-c1c[nH]c2ncc(-c3cc(F)c(N[C@H]4CC[C@H](O)CC4)c(C(=O)N(C)C4CCN(C)C4)c3)cc12. The molecule has 6 rings (SSSR count). The van der Waals surface area contributed by atoms with Gasteiger partial charge in [0.25, 0.3) is 5.91 Å². The molecule has 9 heteroatoms. The third-order valence-corrected chi connectivity index (χ3v) is 8.86. The molecular formula is C33H38FN5O3. The third kappa shape index (κ3) is 5.46. The molecule has 2 aromatic heterocycles. The van der Waals surface area contributed by atoms with Crippen molar-refractivity contribution in [2.75, 3.05) is 39.6 Å². The van der Waals surface area contributed by atoms with Crippen LogP contribution in [0.3, 0.4) is 0 Å². The van der Waals surface area contributed by atoms with Gasteiger partial charge in [0, 0.05) is 60.1 Å². The average Bonchev–Trinajstić information content (AvgIpc) is 3.64. The van der Waals surface area contributed by atoms with Crippen molar-refractivity contribution in [2.45, 2.75) is 50.3 Å². The Morgan fingerprint density at radius 2 is 1.90 bits per heavy atom. The molecule has 3 heterocycles. The predicted molar refractivity (Wildman–Crippen MR) is 163 cm³/mol. The van der Waals surface area contributed by atoms with Gasteiger partial charge in [0.1, 0.15) is 17.2 Å². The minimum atomic E-state index is -0.474. The fraction of sp³-hybridized carbons (Fsp3) is 0.394. The van der Waals surface area contributed by atoms with E-state index in [1.54, 1.807) is 24.3 Å². The third-order valence-electron chi connectivity index (χ3n) is 8.86. The highest BCUT2D eigenvalue weighted by atomic mass is 19.1. The van der Waals surface area contributed by atoms with E-state index in [4.69, 9.17) is 4.74 Å². The summed E-state index contributed by atoms with van der Waals surface area (Å²) in [7, 11) is 5.50. The number of aliphatic hydroxyl groups excluding tert-OH is 1. The molecule has 0 spiro atoms. The highest BCUT2D eigenvalue weighted by Crippen LogP contribution is 2.37. The van der Waals surface area contributed by atoms with Crippen molar-refractivity contribution >= 4 is 22.6 Å². The summed E-state index contributed by atoms with van der Waals surface area (Å²) < 4.78 is 21.6. The van der Waals surface area contributed by atoms with Gasteiger partial charge in [0.15, 0.2) is 0 Å². The van der Waals surface area contributed by atoms with Gasteiger partial charge < -0.3 is 29.9 Å². The highest BCUT2D eigenvalue weighted by molar-refractivity contribution is 6.02. The first-order chi connectivity index (χ1) is 20.3. The first-order valence-electron chi connectivity index (χ1n) is 14.7. The van der Waals surface area contributed by atoms with Crippen LogP contribution in [-0.4, -0.2) is 83.3 Å². The largest absolute Gasteiger partial charge is 0.496 e. The Morgan fingerprint density at radius 3 is 2.64 bits per heavy atom. The van der Waals surface area contributed by atoms with Crippen LogP contribution in [0.25, 0.3) is 33.3 Å². The Kier molecular flexibility index (Phi) is 7.88. The van der Waals surface area contributed by atoms with Crippen LogP contribution in [0.4, 0.5) is 10.1 Å². The van der Waals surface area contributed by atoms with Crippen molar-refractivity contribution in [3.8, 4) is 28.0 Å². The molecule has 0 radical (unpaired) electrons. The fourth-order valence-corrected chi connectivity index (χ4v) is 6.35. The molecule has 2 aliphatic rings. The number of nitrogens with zero attached hydrogens (tertiary/aromatic N) is 3. The number of halogens is 1. The van der Waals surface area contributed by atoms with Crippen LogP contribution in [-0.2, 0) is 0 Å². The van der Waals surface area contributed by atoms with E-state index in [-0.39, 0.29) is 29.8 Å². The van der Waals surface area contributed by atoms with Crippen molar-refractivity contribution in [3.63, 3.8) is 0 Å². The smallest absolute Gasteiger partial charge is 0.256 e. The summed E-state index contributed by atoms with van der Waals surface area (Å²) in [5.41, 5.74) is 4.39. The van der Waals surface area contributed by atoms with Crippen LogP contribution in [0.15, 0.2) is 54.9 Å². The van der Waals surface area contributed by atoms with E-state index < -0.39 is 5.82 Å². The number of aromatic nitrogens is 2. The maximum atomic E-state index is 16.1. The molecule has 1 amide bonds. The van der Waals surface area contributed by atoms with Gasteiger partial charge in [-0.1, -0.05) is 18.2 Å². The number of ether oxygens (including phenoxy) is 1. The van der Waals surface area contributed by atoms with E-state index in [0.29, 0.717) is 35.2 Å². The lowest BCUT2D eigenvalue weighted by molar-refractivity contribution is 0.0737. The lowest BCUT2D eigenvalue weighted by atomic mass is 9.92. The monoisotopic (exact) mass is 571 g/mol. The number of hydrogen-bond donors (Lipinski definition) is 3. The van der Waals surface area contributed by atoms with E-state index in [1.165, 1.54) is 6.07 Å². The van der Waals surface area contributed by atoms with E-state index in [2.05, 4.69) is 20.2 Å². The Balaban J connectivity index is 1.41. The molecule has 1 atom stereocenters. The topological polar surface area (TPSA) is 93.7 Å². The number of fused-ring (bicyclic) bond motifs is 1. The van der Waals surface area contributed by atoms with E-state index in [0.717, 1.165) is 54.6 Å². The van der Waals surface area contributed by atoms with Gasteiger partial charge >= 0.3 is 0 Å². The maximum absolute atomic E-state index is 16.1. The van der Waals surface area contributed by atoms with Gasteiger partial charge in [-0.25, -0.2) is 9.37 Å². The number of carbonyl (C=O) groups is 1. The number of nitrogens with one attached hydrogen (secondary N) is 2. The lowest BCUT2D eigenvalue weighted by Gasteiger charge is -2.30. The van der Waals surface area contributed by atoms with Crippen LogP contribution < -0.4 is 10.1 Å². The molecule has 2 aromatic carbocycles.